The third-order valence-electron chi connectivity index (χ3n) is 1.49. The molecule has 4 heteroatoms. The average Bonchev–Trinajstić information content (AvgIpc) is 1.85. The van der Waals surface area contributed by atoms with E-state index in [0.29, 0.717) is 6.61 Å². The van der Waals surface area contributed by atoms with Crippen LogP contribution in [0.25, 0.3) is 0 Å². The Labute approximate surface area is 72.5 Å². The Hall–Kier alpha value is -1.03. The van der Waals surface area contributed by atoms with Gasteiger partial charge in [0.05, 0.1) is 6.61 Å². The van der Waals surface area contributed by atoms with Crippen molar-refractivity contribution in [3.05, 3.63) is 11.8 Å². The number of rotatable bonds is 4. The van der Waals surface area contributed by atoms with Crippen LogP contribution in [0.4, 0.5) is 0 Å². The number of nitrogens with two attached hydrogens (primary N) is 1. The number of ether oxygens (including phenoxy) is 1. The second-order valence-corrected chi connectivity index (χ2v) is 3.30. The zero-order valence-electron chi connectivity index (χ0n) is 7.72. The molecular weight excluding hydrogens is 156 g/mol. The van der Waals surface area contributed by atoms with Crippen molar-refractivity contribution in [1.82, 2.24) is 0 Å². The van der Waals surface area contributed by atoms with Gasteiger partial charge in [0.25, 0.3) is 0 Å². The monoisotopic (exact) mass is 172 g/mol. The van der Waals surface area contributed by atoms with Crippen molar-refractivity contribution in [2.45, 2.75) is 13.8 Å². The molecule has 0 amide bonds. The highest BCUT2D eigenvalue weighted by Gasteiger charge is 2.22. The Bertz CT molecular complexity index is 197. The Balaban J connectivity index is 4.43. The van der Waals surface area contributed by atoms with Gasteiger partial charge in [0.1, 0.15) is 11.6 Å². The molecule has 0 radical (unpaired) electrons. The third-order valence-corrected chi connectivity index (χ3v) is 1.49. The van der Waals surface area contributed by atoms with Crippen LogP contribution in [0.5, 0.6) is 0 Å². The van der Waals surface area contributed by atoms with Gasteiger partial charge in [0.15, 0.2) is 0 Å². The first-order valence-electron chi connectivity index (χ1n) is 3.64. The van der Waals surface area contributed by atoms with Gasteiger partial charge in [-0.2, -0.15) is 0 Å². The molecule has 0 bridgehead atoms. The Morgan fingerprint density at radius 2 is 2.17 bits per heavy atom. The van der Waals surface area contributed by atoms with E-state index in [4.69, 9.17) is 15.9 Å². The lowest BCUT2D eigenvalue weighted by atomic mass is 9.91. The number of methoxy groups -OCH3 is 1. The van der Waals surface area contributed by atoms with Gasteiger partial charge in [-0.1, -0.05) is 13.8 Å². The molecule has 0 aliphatic rings. The summed E-state index contributed by atoms with van der Waals surface area (Å²) in [5.74, 6) is -0.0893. The van der Waals surface area contributed by atoms with Gasteiger partial charge in [-0.05, 0) is 0 Å². The largest absolute Gasteiger partial charge is 0.512 e. The van der Waals surface area contributed by atoms with E-state index in [2.05, 4.69) is 0 Å². The SMILES string of the molecule is COCC(C)(C)/C(O)=C/C(=N)N. The van der Waals surface area contributed by atoms with E-state index in [1.807, 2.05) is 13.8 Å². The zero-order chi connectivity index (χ0) is 9.78. The average molecular weight is 172 g/mol. The number of amidine groups is 1. The van der Waals surface area contributed by atoms with Crippen molar-refractivity contribution in [2.24, 2.45) is 11.1 Å². The van der Waals surface area contributed by atoms with Crippen LogP contribution in [0.2, 0.25) is 0 Å². The predicted octanol–water partition coefficient (Wildman–Crippen LogP) is 1.04. The first-order chi connectivity index (χ1) is 5.40. The number of aliphatic hydroxyl groups is 1. The van der Waals surface area contributed by atoms with E-state index in [9.17, 15) is 5.11 Å². The maximum atomic E-state index is 9.44. The summed E-state index contributed by atoms with van der Waals surface area (Å²) in [6, 6.07) is 0. The fourth-order valence-electron chi connectivity index (χ4n) is 0.777. The summed E-state index contributed by atoms with van der Waals surface area (Å²) in [5, 5.41) is 16.4. The lowest BCUT2D eigenvalue weighted by Gasteiger charge is -2.22. The fraction of sp³-hybridized carbons (Fsp3) is 0.625. The van der Waals surface area contributed by atoms with Gasteiger partial charge in [-0.3, -0.25) is 5.41 Å². The van der Waals surface area contributed by atoms with E-state index >= 15 is 0 Å². The molecule has 0 rings (SSSR count). The molecule has 0 atom stereocenters. The van der Waals surface area contributed by atoms with Crippen LogP contribution in [-0.4, -0.2) is 24.7 Å². The van der Waals surface area contributed by atoms with Gasteiger partial charge in [-0.15, -0.1) is 0 Å². The third kappa shape index (κ3) is 3.39. The minimum absolute atomic E-state index is 0.0665. The van der Waals surface area contributed by atoms with E-state index in [1.54, 1.807) is 7.11 Å². The summed E-state index contributed by atoms with van der Waals surface area (Å²) in [6.45, 7) is 4.01. The Kier molecular flexibility index (Phi) is 3.76. The molecule has 0 aromatic rings. The number of nitrogens with one attached hydrogen (secondary N) is 1. The quantitative estimate of drug-likeness (QED) is 0.336. The molecule has 0 saturated carbocycles. The van der Waals surface area contributed by atoms with Gasteiger partial charge in [0.2, 0.25) is 0 Å². The lowest BCUT2D eigenvalue weighted by molar-refractivity contribution is 0.0968. The molecule has 0 aliphatic carbocycles. The normalized spacial score (nSPS) is 13.1. The Morgan fingerprint density at radius 3 is 2.50 bits per heavy atom. The molecule has 0 aromatic carbocycles. The van der Waals surface area contributed by atoms with Crippen LogP contribution in [-0.2, 0) is 4.74 Å². The first kappa shape index (κ1) is 11.0. The molecule has 0 saturated heterocycles. The summed E-state index contributed by atoms with van der Waals surface area (Å²) in [4.78, 5) is 0. The molecule has 0 aliphatic heterocycles. The van der Waals surface area contributed by atoms with Crippen molar-refractivity contribution in [1.29, 1.82) is 5.41 Å². The van der Waals surface area contributed by atoms with Gasteiger partial charge in [0, 0.05) is 18.6 Å². The van der Waals surface area contributed by atoms with Gasteiger partial charge >= 0.3 is 0 Å². The molecule has 70 valence electrons. The Morgan fingerprint density at radius 1 is 1.67 bits per heavy atom. The summed E-state index contributed by atoms with van der Waals surface area (Å²) in [7, 11) is 1.56. The maximum Gasteiger partial charge on any atom is 0.118 e. The van der Waals surface area contributed by atoms with E-state index in [-0.39, 0.29) is 11.6 Å². The maximum absolute atomic E-state index is 9.44. The molecule has 0 heterocycles. The van der Waals surface area contributed by atoms with Crippen LogP contribution in [0.3, 0.4) is 0 Å². The van der Waals surface area contributed by atoms with Crippen molar-refractivity contribution in [2.75, 3.05) is 13.7 Å². The molecule has 0 unspecified atom stereocenters. The fourth-order valence-corrected chi connectivity index (χ4v) is 0.777. The van der Waals surface area contributed by atoms with Crippen molar-refractivity contribution in [3.8, 4) is 0 Å². The van der Waals surface area contributed by atoms with Gasteiger partial charge in [-0.25, -0.2) is 0 Å². The lowest BCUT2D eigenvalue weighted by Crippen LogP contribution is -2.23. The van der Waals surface area contributed by atoms with Crippen molar-refractivity contribution >= 4 is 5.84 Å². The standard InChI is InChI=1S/C8H16N2O2/c1-8(2,5-12-3)6(11)4-7(9)10/h4,11H,5H2,1-3H3,(H3,9,10)/b6-4-. The van der Waals surface area contributed by atoms with Crippen molar-refractivity contribution < 1.29 is 9.84 Å². The number of aliphatic hydroxyl groups excluding tert-OH is 1. The molecule has 4 nitrogen and oxygen atoms in total. The first-order valence-corrected chi connectivity index (χ1v) is 3.64. The summed E-state index contributed by atoms with van der Waals surface area (Å²) >= 11 is 0. The van der Waals surface area contributed by atoms with E-state index < -0.39 is 5.41 Å². The molecular formula is C8H16N2O2. The minimum Gasteiger partial charge on any atom is -0.512 e. The van der Waals surface area contributed by atoms with Crippen LogP contribution in [0.1, 0.15) is 13.8 Å². The van der Waals surface area contributed by atoms with Crippen LogP contribution in [0, 0.1) is 10.8 Å². The highest BCUT2D eigenvalue weighted by atomic mass is 16.5. The summed E-state index contributed by atoms with van der Waals surface area (Å²) in [6.07, 6.45) is 1.22. The molecule has 0 fully saturated rings. The minimum atomic E-state index is -0.486. The summed E-state index contributed by atoms with van der Waals surface area (Å²) < 4.78 is 4.90. The smallest absolute Gasteiger partial charge is 0.118 e. The van der Waals surface area contributed by atoms with E-state index in [1.165, 1.54) is 6.08 Å². The van der Waals surface area contributed by atoms with Crippen molar-refractivity contribution in [3.63, 3.8) is 0 Å². The zero-order valence-corrected chi connectivity index (χ0v) is 7.72. The topological polar surface area (TPSA) is 79.3 Å². The highest BCUT2D eigenvalue weighted by Crippen LogP contribution is 2.23. The molecule has 0 spiro atoms. The predicted molar refractivity (Wildman–Crippen MR) is 48.3 cm³/mol. The highest BCUT2D eigenvalue weighted by molar-refractivity contribution is 5.88. The second kappa shape index (κ2) is 4.11. The summed E-state index contributed by atoms with van der Waals surface area (Å²) in [5.41, 5.74) is 4.61. The van der Waals surface area contributed by atoms with Crippen LogP contribution >= 0.6 is 0 Å². The number of hydrogen-bond acceptors (Lipinski definition) is 3. The van der Waals surface area contributed by atoms with E-state index in [0.717, 1.165) is 0 Å². The second-order valence-electron chi connectivity index (χ2n) is 3.30. The molecule has 0 aromatic heterocycles. The van der Waals surface area contributed by atoms with Crippen LogP contribution in [0.15, 0.2) is 11.8 Å². The van der Waals surface area contributed by atoms with Gasteiger partial charge < -0.3 is 15.6 Å². The molecule has 12 heavy (non-hydrogen) atoms. The molecule has 4 N–H and O–H groups in total. The van der Waals surface area contributed by atoms with Crippen LogP contribution < -0.4 is 5.73 Å². The number of hydrogen-bond donors (Lipinski definition) is 3.